The molecule has 9 heteroatoms. The van der Waals surface area contributed by atoms with Crippen molar-refractivity contribution >= 4 is 17.2 Å². The molecule has 5 rings (SSSR count). The van der Waals surface area contributed by atoms with Gasteiger partial charge in [0.1, 0.15) is 23.2 Å². The number of likely N-dealkylation sites (tertiary alicyclic amines) is 1. The van der Waals surface area contributed by atoms with Crippen LogP contribution in [0.5, 0.6) is 0 Å². The quantitative estimate of drug-likeness (QED) is 0.714. The molecule has 7 nitrogen and oxygen atoms in total. The van der Waals surface area contributed by atoms with Gasteiger partial charge in [0.2, 0.25) is 5.91 Å². The molecule has 0 atom stereocenters. The van der Waals surface area contributed by atoms with Crippen LogP contribution < -0.4 is 5.32 Å². The van der Waals surface area contributed by atoms with Crippen LogP contribution in [0.15, 0.2) is 35.8 Å². The van der Waals surface area contributed by atoms with Crippen molar-refractivity contribution in [3.63, 3.8) is 0 Å². The van der Waals surface area contributed by atoms with Crippen molar-refractivity contribution in [3.05, 3.63) is 52.5 Å². The highest BCUT2D eigenvalue weighted by atomic mass is 32.1. The lowest BCUT2D eigenvalue weighted by atomic mass is 9.84. The van der Waals surface area contributed by atoms with Gasteiger partial charge >= 0.3 is 0 Å². The smallest absolute Gasteiger partial charge is 0.242 e. The van der Waals surface area contributed by atoms with Crippen molar-refractivity contribution in [2.24, 2.45) is 0 Å². The molecule has 1 saturated heterocycles. The van der Waals surface area contributed by atoms with Gasteiger partial charge in [-0.1, -0.05) is 12.1 Å². The molecule has 1 fully saturated rings. The monoisotopic (exact) mass is 412 g/mol. The normalized spacial score (nSPS) is 19.0. The van der Waals surface area contributed by atoms with E-state index in [2.05, 4.69) is 25.3 Å². The number of aromatic nitrogens is 4. The molecule has 0 radical (unpaired) electrons. The summed E-state index contributed by atoms with van der Waals surface area (Å²) in [6.45, 7) is 2.78. The van der Waals surface area contributed by atoms with Gasteiger partial charge in [0.05, 0.1) is 6.54 Å². The van der Waals surface area contributed by atoms with Crippen LogP contribution in [-0.2, 0) is 24.3 Å². The maximum atomic E-state index is 13.6. The Morgan fingerprint density at radius 2 is 2.14 bits per heavy atom. The first kappa shape index (κ1) is 18.4. The summed E-state index contributed by atoms with van der Waals surface area (Å²) < 4.78 is 15.2. The Labute approximate surface area is 171 Å². The fourth-order valence-corrected chi connectivity index (χ4v) is 4.82. The molecule has 1 aromatic carbocycles. The summed E-state index contributed by atoms with van der Waals surface area (Å²) in [6, 6.07) is 6.24. The van der Waals surface area contributed by atoms with Crippen molar-refractivity contribution in [1.82, 2.24) is 30.0 Å². The second-order valence-electron chi connectivity index (χ2n) is 7.73. The molecule has 2 aliphatic heterocycles. The molecule has 150 valence electrons. The Morgan fingerprint density at radius 1 is 1.28 bits per heavy atom. The maximum absolute atomic E-state index is 13.6. The Hall–Kier alpha value is -2.65. The van der Waals surface area contributed by atoms with Crippen LogP contribution in [0.2, 0.25) is 0 Å². The molecule has 3 aromatic rings. The Kier molecular flexibility index (Phi) is 4.63. The standard InChI is InChI=1S/C20H21FN6OS/c21-15-3-1-2-14(10-15)19-23-16-11-20(24-17(28)12-27(16)25-19)4-7-26(8-5-20)13-18-22-6-9-29-18/h1-3,6,9-10H,4-5,7-8,11-13H2,(H,24,28). The van der Waals surface area contributed by atoms with E-state index in [0.717, 1.165) is 43.3 Å². The fourth-order valence-electron chi connectivity index (χ4n) is 4.16. The van der Waals surface area contributed by atoms with Crippen LogP contribution in [0.3, 0.4) is 0 Å². The minimum absolute atomic E-state index is 0.0483. The number of fused-ring (bicyclic) bond motifs is 1. The zero-order valence-electron chi connectivity index (χ0n) is 15.8. The number of hydrogen-bond acceptors (Lipinski definition) is 6. The largest absolute Gasteiger partial charge is 0.349 e. The molecule has 4 heterocycles. The Morgan fingerprint density at radius 3 is 2.90 bits per heavy atom. The van der Waals surface area contributed by atoms with Gasteiger partial charge in [0, 0.05) is 42.2 Å². The van der Waals surface area contributed by atoms with Gasteiger partial charge in [0.15, 0.2) is 5.82 Å². The number of piperidine rings is 1. The number of nitrogens with one attached hydrogen (secondary N) is 1. The van der Waals surface area contributed by atoms with Gasteiger partial charge in [-0.3, -0.25) is 9.69 Å². The summed E-state index contributed by atoms with van der Waals surface area (Å²) in [6.07, 6.45) is 4.17. The lowest BCUT2D eigenvalue weighted by Crippen LogP contribution is -2.56. The fraction of sp³-hybridized carbons (Fsp3) is 0.400. The summed E-state index contributed by atoms with van der Waals surface area (Å²) in [4.78, 5) is 24.0. The summed E-state index contributed by atoms with van der Waals surface area (Å²) in [5, 5.41) is 10.8. The number of carbonyl (C=O) groups is 1. The number of amides is 1. The van der Waals surface area contributed by atoms with Gasteiger partial charge < -0.3 is 5.32 Å². The Bertz CT molecular complexity index is 1030. The van der Waals surface area contributed by atoms with Crippen LogP contribution in [0.1, 0.15) is 23.7 Å². The van der Waals surface area contributed by atoms with Crippen LogP contribution in [0, 0.1) is 5.82 Å². The van der Waals surface area contributed by atoms with Gasteiger partial charge in [-0.25, -0.2) is 19.0 Å². The molecule has 1 spiro atoms. The van der Waals surface area contributed by atoms with Crippen molar-refractivity contribution in [3.8, 4) is 11.4 Å². The number of benzene rings is 1. The number of rotatable bonds is 3. The predicted molar refractivity (Wildman–Crippen MR) is 107 cm³/mol. The van der Waals surface area contributed by atoms with E-state index in [9.17, 15) is 9.18 Å². The first-order valence-corrected chi connectivity index (χ1v) is 10.6. The van der Waals surface area contributed by atoms with Gasteiger partial charge in [0.25, 0.3) is 0 Å². The third-order valence-electron chi connectivity index (χ3n) is 5.68. The average Bonchev–Trinajstić information content (AvgIpc) is 3.32. The second-order valence-corrected chi connectivity index (χ2v) is 8.71. The van der Waals surface area contributed by atoms with Crippen molar-refractivity contribution in [2.75, 3.05) is 13.1 Å². The van der Waals surface area contributed by atoms with Gasteiger partial charge in [-0.2, -0.15) is 5.10 Å². The van der Waals surface area contributed by atoms with E-state index in [1.165, 1.54) is 12.1 Å². The molecule has 1 N–H and O–H groups in total. The third kappa shape index (κ3) is 3.79. The van der Waals surface area contributed by atoms with E-state index in [0.29, 0.717) is 17.8 Å². The lowest BCUT2D eigenvalue weighted by molar-refractivity contribution is -0.123. The van der Waals surface area contributed by atoms with E-state index in [4.69, 9.17) is 0 Å². The molecule has 29 heavy (non-hydrogen) atoms. The highest BCUT2D eigenvalue weighted by Crippen LogP contribution is 2.30. The van der Waals surface area contributed by atoms with E-state index >= 15 is 0 Å². The van der Waals surface area contributed by atoms with E-state index in [1.54, 1.807) is 28.2 Å². The topological polar surface area (TPSA) is 75.9 Å². The summed E-state index contributed by atoms with van der Waals surface area (Å²) in [5.74, 6) is 0.865. The average molecular weight is 412 g/mol. The number of halogens is 1. The first-order chi connectivity index (χ1) is 14.1. The molecule has 0 bridgehead atoms. The number of nitrogens with zero attached hydrogens (tertiary/aromatic N) is 5. The molecule has 2 aromatic heterocycles. The minimum Gasteiger partial charge on any atom is -0.349 e. The molecule has 2 aliphatic rings. The van der Waals surface area contributed by atoms with Crippen LogP contribution in [0.25, 0.3) is 11.4 Å². The highest BCUT2D eigenvalue weighted by Gasteiger charge is 2.40. The predicted octanol–water partition coefficient (Wildman–Crippen LogP) is 2.25. The number of carbonyl (C=O) groups excluding carboxylic acids is 1. The molecule has 0 unspecified atom stereocenters. The molecule has 0 saturated carbocycles. The lowest BCUT2D eigenvalue weighted by Gasteiger charge is -2.41. The van der Waals surface area contributed by atoms with Crippen molar-refractivity contribution < 1.29 is 9.18 Å². The van der Waals surface area contributed by atoms with Gasteiger partial charge in [-0.05, 0) is 25.0 Å². The third-order valence-corrected chi connectivity index (χ3v) is 6.45. The van der Waals surface area contributed by atoms with Gasteiger partial charge in [-0.15, -0.1) is 11.3 Å². The van der Waals surface area contributed by atoms with Crippen molar-refractivity contribution in [1.29, 1.82) is 0 Å². The van der Waals surface area contributed by atoms with Crippen molar-refractivity contribution in [2.45, 2.75) is 37.9 Å². The molecule has 1 amide bonds. The summed E-state index contributed by atoms with van der Waals surface area (Å²) in [7, 11) is 0. The minimum atomic E-state index is -0.325. The summed E-state index contributed by atoms with van der Waals surface area (Å²) in [5.41, 5.74) is 0.315. The first-order valence-electron chi connectivity index (χ1n) is 9.70. The van der Waals surface area contributed by atoms with Crippen LogP contribution in [0.4, 0.5) is 4.39 Å². The van der Waals surface area contributed by atoms with E-state index in [-0.39, 0.29) is 23.8 Å². The second kappa shape index (κ2) is 7.31. The SMILES string of the molecule is O=C1Cn2nc(-c3cccc(F)c3)nc2CC2(CCN(Cc3nccs3)CC2)N1. The zero-order chi connectivity index (χ0) is 19.8. The molecule has 0 aliphatic carbocycles. The molecular weight excluding hydrogens is 391 g/mol. The zero-order valence-corrected chi connectivity index (χ0v) is 16.7. The number of hydrogen-bond donors (Lipinski definition) is 1. The number of thiazole rings is 1. The maximum Gasteiger partial charge on any atom is 0.242 e. The van der Waals surface area contributed by atoms with E-state index < -0.39 is 0 Å². The Balaban J connectivity index is 1.35. The highest BCUT2D eigenvalue weighted by molar-refractivity contribution is 7.09. The van der Waals surface area contributed by atoms with E-state index in [1.807, 2.05) is 11.6 Å². The van der Waals surface area contributed by atoms with Crippen LogP contribution in [-0.4, -0.2) is 49.2 Å². The van der Waals surface area contributed by atoms with Crippen LogP contribution >= 0.6 is 11.3 Å². The summed E-state index contributed by atoms with van der Waals surface area (Å²) >= 11 is 1.67. The molecular formula is C20H21FN6OS.